The number of nitrogens with zero attached hydrogens (tertiary/aromatic N) is 1. The number of hydrogen-bond donors (Lipinski definition) is 1. The van der Waals surface area contributed by atoms with Gasteiger partial charge in [0, 0.05) is 31.1 Å². The fraction of sp³-hybridized carbons (Fsp3) is 0.889. The molecule has 1 rings (SSSR count). The maximum absolute atomic E-state index is 11.8. The Bertz CT molecular complexity index is 178. The van der Waals surface area contributed by atoms with Crippen LogP contribution < -0.4 is 5.32 Å². The summed E-state index contributed by atoms with van der Waals surface area (Å²) >= 11 is 1.85. The Balaban J connectivity index is 2.45. The van der Waals surface area contributed by atoms with Crippen LogP contribution in [-0.2, 0) is 4.79 Å². The number of likely N-dealkylation sites (N-methyl/N-ethyl adjacent to an activating group) is 1. The molecule has 76 valence electrons. The molecule has 1 aliphatic rings. The van der Waals surface area contributed by atoms with Crippen LogP contribution in [0, 0.1) is 0 Å². The molecule has 0 aromatic carbocycles. The van der Waals surface area contributed by atoms with E-state index in [0.29, 0.717) is 6.04 Å². The quantitative estimate of drug-likeness (QED) is 0.710. The first-order valence-electron chi connectivity index (χ1n) is 4.70. The average molecular weight is 202 g/mol. The van der Waals surface area contributed by atoms with Gasteiger partial charge in [0.25, 0.3) is 0 Å². The smallest absolute Gasteiger partial charge is 0.240 e. The van der Waals surface area contributed by atoms with E-state index in [1.165, 1.54) is 0 Å². The van der Waals surface area contributed by atoms with Crippen molar-refractivity contribution in [3.8, 4) is 0 Å². The first-order valence-corrected chi connectivity index (χ1v) is 5.86. The lowest BCUT2D eigenvalue weighted by Crippen LogP contribution is -2.51. The second-order valence-electron chi connectivity index (χ2n) is 3.62. The van der Waals surface area contributed by atoms with Crippen LogP contribution in [0.3, 0.4) is 0 Å². The lowest BCUT2D eigenvalue weighted by molar-refractivity contribution is -0.133. The Morgan fingerprint density at radius 2 is 2.31 bits per heavy atom. The molecule has 1 unspecified atom stereocenters. The molecule has 13 heavy (non-hydrogen) atoms. The van der Waals surface area contributed by atoms with Crippen LogP contribution in [0.15, 0.2) is 0 Å². The van der Waals surface area contributed by atoms with E-state index < -0.39 is 0 Å². The standard InChI is InChI=1S/C9H18N2OS/c1-7(2)11(3)9(12)8-6-13-5-4-10-8/h7-8,10H,4-6H2,1-3H3. The summed E-state index contributed by atoms with van der Waals surface area (Å²) in [4.78, 5) is 13.6. The van der Waals surface area contributed by atoms with Crippen LogP contribution in [0.5, 0.6) is 0 Å². The minimum absolute atomic E-state index is 0.0335. The molecular formula is C9H18N2OS. The van der Waals surface area contributed by atoms with Crippen molar-refractivity contribution in [1.82, 2.24) is 10.2 Å². The third kappa shape index (κ3) is 2.88. The Hall–Kier alpha value is -0.220. The summed E-state index contributed by atoms with van der Waals surface area (Å²) in [5.41, 5.74) is 0. The Labute approximate surface area is 84.2 Å². The first kappa shape index (κ1) is 10.9. The molecule has 0 saturated carbocycles. The van der Waals surface area contributed by atoms with Crippen molar-refractivity contribution in [2.24, 2.45) is 0 Å². The number of carbonyl (C=O) groups excluding carboxylic acids is 1. The van der Waals surface area contributed by atoms with Gasteiger partial charge in [0.05, 0.1) is 6.04 Å². The van der Waals surface area contributed by atoms with Gasteiger partial charge in [-0.05, 0) is 13.8 Å². The molecule has 0 aromatic rings. The summed E-state index contributed by atoms with van der Waals surface area (Å²) in [6, 6.07) is 0.326. The molecule has 1 atom stereocenters. The number of amides is 1. The molecule has 1 fully saturated rings. The number of thioether (sulfide) groups is 1. The molecule has 0 spiro atoms. The van der Waals surface area contributed by atoms with E-state index in [1.807, 2.05) is 37.6 Å². The van der Waals surface area contributed by atoms with Gasteiger partial charge in [0.1, 0.15) is 0 Å². The largest absolute Gasteiger partial charge is 0.342 e. The molecule has 3 nitrogen and oxygen atoms in total. The zero-order valence-electron chi connectivity index (χ0n) is 8.54. The summed E-state index contributed by atoms with van der Waals surface area (Å²) in [5.74, 6) is 2.26. The molecule has 0 aromatic heterocycles. The van der Waals surface area contributed by atoms with E-state index in [4.69, 9.17) is 0 Å². The van der Waals surface area contributed by atoms with E-state index in [1.54, 1.807) is 0 Å². The lowest BCUT2D eigenvalue weighted by Gasteiger charge is -2.29. The fourth-order valence-corrected chi connectivity index (χ4v) is 2.15. The molecule has 1 saturated heterocycles. The third-order valence-electron chi connectivity index (χ3n) is 2.34. The van der Waals surface area contributed by atoms with Crippen LogP contribution in [0.2, 0.25) is 0 Å². The molecule has 0 bridgehead atoms. The first-order chi connectivity index (χ1) is 6.13. The molecule has 1 aliphatic heterocycles. The van der Waals surface area contributed by atoms with Gasteiger partial charge in [0.2, 0.25) is 5.91 Å². The summed E-state index contributed by atoms with van der Waals surface area (Å²) in [6.07, 6.45) is 0. The van der Waals surface area contributed by atoms with E-state index in [0.717, 1.165) is 18.1 Å². The number of nitrogens with one attached hydrogen (secondary N) is 1. The highest BCUT2D eigenvalue weighted by molar-refractivity contribution is 7.99. The molecule has 4 heteroatoms. The highest BCUT2D eigenvalue weighted by atomic mass is 32.2. The number of rotatable bonds is 2. The SMILES string of the molecule is CC(C)N(C)C(=O)C1CSCCN1. The van der Waals surface area contributed by atoms with Gasteiger partial charge in [-0.3, -0.25) is 4.79 Å². The fourth-order valence-electron chi connectivity index (χ4n) is 1.22. The average Bonchev–Trinajstić information content (AvgIpc) is 2.17. The second-order valence-corrected chi connectivity index (χ2v) is 4.77. The van der Waals surface area contributed by atoms with Crippen LogP contribution >= 0.6 is 11.8 Å². The van der Waals surface area contributed by atoms with Crippen molar-refractivity contribution >= 4 is 17.7 Å². The van der Waals surface area contributed by atoms with Gasteiger partial charge in [-0.2, -0.15) is 11.8 Å². The van der Waals surface area contributed by atoms with Crippen LogP contribution in [0.4, 0.5) is 0 Å². The molecular weight excluding hydrogens is 184 g/mol. The van der Waals surface area contributed by atoms with Crippen molar-refractivity contribution in [1.29, 1.82) is 0 Å². The Morgan fingerprint density at radius 1 is 1.62 bits per heavy atom. The highest BCUT2D eigenvalue weighted by Gasteiger charge is 2.24. The minimum Gasteiger partial charge on any atom is -0.342 e. The highest BCUT2D eigenvalue weighted by Crippen LogP contribution is 2.10. The summed E-state index contributed by atoms with van der Waals surface area (Å²) in [5, 5.41) is 3.24. The lowest BCUT2D eigenvalue weighted by atomic mass is 10.2. The summed E-state index contributed by atoms with van der Waals surface area (Å²) in [7, 11) is 1.87. The van der Waals surface area contributed by atoms with Crippen LogP contribution in [-0.4, -0.2) is 48.0 Å². The maximum Gasteiger partial charge on any atom is 0.240 e. The van der Waals surface area contributed by atoms with Crippen molar-refractivity contribution in [2.45, 2.75) is 25.9 Å². The third-order valence-corrected chi connectivity index (χ3v) is 3.40. The summed E-state index contributed by atoms with van der Waals surface area (Å²) in [6.45, 7) is 5.02. The van der Waals surface area contributed by atoms with Gasteiger partial charge in [0.15, 0.2) is 0 Å². The number of carbonyl (C=O) groups is 1. The Kier molecular flexibility index (Phi) is 4.06. The molecule has 1 heterocycles. The van der Waals surface area contributed by atoms with Crippen LogP contribution in [0.25, 0.3) is 0 Å². The maximum atomic E-state index is 11.8. The van der Waals surface area contributed by atoms with Crippen molar-refractivity contribution in [2.75, 3.05) is 25.1 Å². The predicted octanol–water partition coefficient (Wildman–Crippen LogP) is 0.558. The van der Waals surface area contributed by atoms with Gasteiger partial charge in [-0.15, -0.1) is 0 Å². The molecule has 0 radical (unpaired) electrons. The Morgan fingerprint density at radius 3 is 2.77 bits per heavy atom. The van der Waals surface area contributed by atoms with Crippen molar-refractivity contribution in [3.05, 3.63) is 0 Å². The molecule has 1 N–H and O–H groups in total. The molecule has 1 amide bonds. The van der Waals surface area contributed by atoms with Crippen molar-refractivity contribution < 1.29 is 4.79 Å². The number of hydrogen-bond acceptors (Lipinski definition) is 3. The van der Waals surface area contributed by atoms with Crippen molar-refractivity contribution in [3.63, 3.8) is 0 Å². The second kappa shape index (κ2) is 4.86. The van der Waals surface area contributed by atoms with Gasteiger partial charge in [-0.1, -0.05) is 0 Å². The zero-order chi connectivity index (χ0) is 9.84. The normalized spacial score (nSPS) is 23.2. The van der Waals surface area contributed by atoms with E-state index in [2.05, 4.69) is 5.32 Å². The topological polar surface area (TPSA) is 32.3 Å². The van der Waals surface area contributed by atoms with Gasteiger partial charge < -0.3 is 10.2 Å². The van der Waals surface area contributed by atoms with E-state index in [9.17, 15) is 4.79 Å². The predicted molar refractivity (Wildman–Crippen MR) is 57.0 cm³/mol. The van der Waals surface area contributed by atoms with Gasteiger partial charge >= 0.3 is 0 Å². The van der Waals surface area contributed by atoms with E-state index in [-0.39, 0.29) is 11.9 Å². The minimum atomic E-state index is 0.0335. The molecule has 0 aliphatic carbocycles. The monoisotopic (exact) mass is 202 g/mol. The van der Waals surface area contributed by atoms with E-state index >= 15 is 0 Å². The summed E-state index contributed by atoms with van der Waals surface area (Å²) < 4.78 is 0. The zero-order valence-corrected chi connectivity index (χ0v) is 9.36. The van der Waals surface area contributed by atoms with Gasteiger partial charge in [-0.25, -0.2) is 0 Å². The van der Waals surface area contributed by atoms with Crippen LogP contribution in [0.1, 0.15) is 13.8 Å².